The van der Waals surface area contributed by atoms with Crippen molar-refractivity contribution in [2.45, 2.75) is 39.2 Å². The Bertz CT molecular complexity index is 615. The molecule has 0 aliphatic carbocycles. The number of benzene rings is 1. The van der Waals surface area contributed by atoms with E-state index in [1.165, 1.54) is 0 Å². The molecule has 0 saturated carbocycles. The Morgan fingerprint density at radius 3 is 2.40 bits per heavy atom. The predicted octanol–water partition coefficient (Wildman–Crippen LogP) is 4.78. The zero-order chi connectivity index (χ0) is 14.9. The summed E-state index contributed by atoms with van der Waals surface area (Å²) < 4.78 is 1.92. The van der Waals surface area contributed by atoms with E-state index in [2.05, 4.69) is 31.0 Å². The van der Waals surface area contributed by atoms with Crippen LogP contribution >= 0.6 is 34.8 Å². The number of nitrogens with zero attached hydrogens (tertiary/aromatic N) is 3. The van der Waals surface area contributed by atoms with Gasteiger partial charge in [0, 0.05) is 22.0 Å². The third kappa shape index (κ3) is 3.46. The van der Waals surface area contributed by atoms with Gasteiger partial charge in [0.1, 0.15) is 5.82 Å². The Balaban J connectivity index is 2.21. The third-order valence-corrected chi connectivity index (χ3v) is 3.86. The Kier molecular flexibility index (Phi) is 4.62. The topological polar surface area (TPSA) is 30.7 Å². The van der Waals surface area contributed by atoms with Crippen LogP contribution < -0.4 is 0 Å². The molecule has 0 radical (unpaired) electrons. The molecule has 0 fully saturated rings. The van der Waals surface area contributed by atoms with E-state index in [1.54, 1.807) is 6.07 Å². The van der Waals surface area contributed by atoms with E-state index < -0.39 is 0 Å². The second-order valence-electron chi connectivity index (χ2n) is 5.68. The summed E-state index contributed by atoms with van der Waals surface area (Å²) in [6, 6.07) is 5.51. The quantitative estimate of drug-likeness (QED) is 0.810. The first-order valence-corrected chi connectivity index (χ1v) is 7.45. The second kappa shape index (κ2) is 5.92. The summed E-state index contributed by atoms with van der Waals surface area (Å²) >= 11 is 18.2. The lowest BCUT2D eigenvalue weighted by molar-refractivity contribution is 0.497. The van der Waals surface area contributed by atoms with Crippen molar-refractivity contribution >= 4 is 34.8 Å². The van der Waals surface area contributed by atoms with Gasteiger partial charge in [-0.25, -0.2) is 0 Å². The van der Waals surface area contributed by atoms with Gasteiger partial charge in [-0.1, -0.05) is 50.0 Å². The largest absolute Gasteiger partial charge is 0.301 e. The van der Waals surface area contributed by atoms with Crippen molar-refractivity contribution in [3.05, 3.63) is 44.9 Å². The lowest BCUT2D eigenvalue weighted by Crippen LogP contribution is -2.20. The number of halogens is 3. The first kappa shape index (κ1) is 15.6. The first-order chi connectivity index (χ1) is 9.29. The van der Waals surface area contributed by atoms with E-state index >= 15 is 0 Å². The molecule has 0 saturated heterocycles. The van der Waals surface area contributed by atoms with Crippen LogP contribution in [0.25, 0.3) is 0 Å². The number of aryl methyl sites for hydroxylation is 1. The van der Waals surface area contributed by atoms with Crippen molar-refractivity contribution in [1.29, 1.82) is 0 Å². The maximum absolute atomic E-state index is 6.18. The highest BCUT2D eigenvalue weighted by molar-refractivity contribution is 6.35. The Hall–Kier alpha value is -0.770. The molecule has 1 aromatic heterocycles. The van der Waals surface area contributed by atoms with Crippen LogP contribution in [-0.4, -0.2) is 14.8 Å². The standard InChI is InChI=1S/C14H16Cl3N3/c1-14(2,3)12-18-19-13(17)20(12)7-6-9-4-5-10(15)8-11(9)16/h4-5,8H,6-7H2,1-3H3. The smallest absolute Gasteiger partial charge is 0.225 e. The van der Waals surface area contributed by atoms with E-state index in [0.29, 0.717) is 21.9 Å². The molecule has 0 N–H and O–H groups in total. The normalized spacial score (nSPS) is 11.9. The molecular formula is C14H16Cl3N3. The minimum atomic E-state index is -0.107. The molecule has 0 aliphatic heterocycles. The van der Waals surface area contributed by atoms with Crippen LogP contribution in [0.2, 0.25) is 15.3 Å². The van der Waals surface area contributed by atoms with Crippen LogP contribution in [-0.2, 0) is 18.4 Å². The van der Waals surface area contributed by atoms with Gasteiger partial charge in [0.05, 0.1) is 0 Å². The second-order valence-corrected chi connectivity index (χ2v) is 6.86. The monoisotopic (exact) mass is 331 g/mol. The zero-order valence-electron chi connectivity index (χ0n) is 11.6. The maximum Gasteiger partial charge on any atom is 0.225 e. The third-order valence-electron chi connectivity index (χ3n) is 3.00. The summed E-state index contributed by atoms with van der Waals surface area (Å²) in [6.45, 7) is 6.93. The fourth-order valence-corrected chi connectivity index (χ4v) is 2.70. The molecule has 20 heavy (non-hydrogen) atoms. The molecule has 1 heterocycles. The predicted molar refractivity (Wildman–Crippen MR) is 83.9 cm³/mol. The number of hydrogen-bond acceptors (Lipinski definition) is 2. The van der Waals surface area contributed by atoms with E-state index in [1.807, 2.05) is 16.7 Å². The molecular weight excluding hydrogens is 317 g/mol. The maximum atomic E-state index is 6.18. The zero-order valence-corrected chi connectivity index (χ0v) is 13.9. The Morgan fingerprint density at radius 2 is 1.80 bits per heavy atom. The van der Waals surface area contributed by atoms with Crippen LogP contribution in [0.3, 0.4) is 0 Å². The van der Waals surface area contributed by atoms with Gasteiger partial charge < -0.3 is 4.57 Å². The summed E-state index contributed by atoms with van der Waals surface area (Å²) in [7, 11) is 0. The van der Waals surface area contributed by atoms with Crippen LogP contribution in [0.5, 0.6) is 0 Å². The van der Waals surface area contributed by atoms with Gasteiger partial charge in [-0.15, -0.1) is 10.2 Å². The first-order valence-electron chi connectivity index (χ1n) is 6.32. The van der Waals surface area contributed by atoms with Gasteiger partial charge in [0.2, 0.25) is 5.28 Å². The molecule has 0 aliphatic rings. The molecule has 0 bridgehead atoms. The molecule has 2 aromatic rings. The van der Waals surface area contributed by atoms with Gasteiger partial charge in [-0.05, 0) is 35.7 Å². The molecule has 0 spiro atoms. The van der Waals surface area contributed by atoms with Crippen molar-refractivity contribution in [2.75, 3.05) is 0 Å². The highest BCUT2D eigenvalue weighted by atomic mass is 35.5. The highest BCUT2D eigenvalue weighted by Gasteiger charge is 2.23. The van der Waals surface area contributed by atoms with Crippen molar-refractivity contribution in [3.8, 4) is 0 Å². The fourth-order valence-electron chi connectivity index (χ4n) is 1.99. The number of hydrogen-bond donors (Lipinski definition) is 0. The fraction of sp³-hybridized carbons (Fsp3) is 0.429. The highest BCUT2D eigenvalue weighted by Crippen LogP contribution is 2.25. The van der Waals surface area contributed by atoms with Crippen molar-refractivity contribution in [2.24, 2.45) is 0 Å². The lowest BCUT2D eigenvalue weighted by Gasteiger charge is -2.19. The summed E-state index contributed by atoms with van der Waals surface area (Å²) in [5.74, 6) is 0.868. The van der Waals surface area contributed by atoms with E-state index in [4.69, 9.17) is 34.8 Å². The molecule has 3 nitrogen and oxygen atoms in total. The average molecular weight is 333 g/mol. The van der Waals surface area contributed by atoms with Crippen molar-refractivity contribution in [3.63, 3.8) is 0 Å². The van der Waals surface area contributed by atoms with E-state index in [-0.39, 0.29) is 5.41 Å². The molecule has 0 atom stereocenters. The molecule has 108 valence electrons. The van der Waals surface area contributed by atoms with Gasteiger partial charge in [-0.2, -0.15) is 0 Å². The van der Waals surface area contributed by atoms with E-state index in [0.717, 1.165) is 17.8 Å². The molecule has 6 heteroatoms. The number of aromatic nitrogens is 3. The van der Waals surface area contributed by atoms with Gasteiger partial charge in [0.25, 0.3) is 0 Å². The van der Waals surface area contributed by atoms with Crippen LogP contribution in [0.15, 0.2) is 18.2 Å². The van der Waals surface area contributed by atoms with Gasteiger partial charge >= 0.3 is 0 Å². The van der Waals surface area contributed by atoms with Crippen LogP contribution in [0.4, 0.5) is 0 Å². The van der Waals surface area contributed by atoms with Crippen LogP contribution in [0.1, 0.15) is 32.2 Å². The summed E-state index contributed by atoms with van der Waals surface area (Å²) in [5, 5.41) is 9.82. The van der Waals surface area contributed by atoms with Crippen molar-refractivity contribution in [1.82, 2.24) is 14.8 Å². The molecule has 2 rings (SSSR count). The lowest BCUT2D eigenvalue weighted by atomic mass is 9.95. The summed E-state index contributed by atoms with van der Waals surface area (Å²) in [6.07, 6.45) is 0.747. The molecule has 1 aromatic carbocycles. The molecule has 0 amide bonds. The van der Waals surface area contributed by atoms with E-state index in [9.17, 15) is 0 Å². The minimum Gasteiger partial charge on any atom is -0.301 e. The SMILES string of the molecule is CC(C)(C)c1nnc(Cl)n1CCc1ccc(Cl)cc1Cl. The van der Waals surface area contributed by atoms with Crippen molar-refractivity contribution < 1.29 is 0 Å². The van der Waals surface area contributed by atoms with Gasteiger partial charge in [-0.3, -0.25) is 0 Å². The molecule has 0 unspecified atom stereocenters. The van der Waals surface area contributed by atoms with Crippen LogP contribution in [0, 0.1) is 0 Å². The van der Waals surface area contributed by atoms with Gasteiger partial charge in [0.15, 0.2) is 0 Å². The Morgan fingerprint density at radius 1 is 1.10 bits per heavy atom. The average Bonchev–Trinajstić information content (AvgIpc) is 2.69. The summed E-state index contributed by atoms with van der Waals surface area (Å²) in [4.78, 5) is 0. The Labute approximate surface area is 133 Å². The minimum absolute atomic E-state index is 0.107. The number of rotatable bonds is 3. The summed E-state index contributed by atoms with van der Waals surface area (Å²) in [5.41, 5.74) is 0.921.